The van der Waals surface area contributed by atoms with Gasteiger partial charge in [0.1, 0.15) is 5.69 Å². The summed E-state index contributed by atoms with van der Waals surface area (Å²) in [5.41, 5.74) is 1.35. The number of nitrogens with one attached hydrogen (secondary N) is 1. The first-order valence-electron chi connectivity index (χ1n) is 7.81. The number of pyridine rings is 1. The average molecular weight is 329 g/mol. The van der Waals surface area contributed by atoms with E-state index >= 15 is 0 Å². The molecular formula is C18H23N3O3. The Labute approximate surface area is 141 Å². The number of carbonyl (C=O) groups excluding carboxylic acids is 1. The Kier molecular flexibility index (Phi) is 5.07. The summed E-state index contributed by atoms with van der Waals surface area (Å²) in [6.07, 6.45) is 0.351. The maximum Gasteiger partial charge on any atom is 0.303 e. The molecule has 0 fully saturated rings. The van der Waals surface area contributed by atoms with Gasteiger partial charge in [-0.2, -0.15) is 0 Å². The van der Waals surface area contributed by atoms with Crippen molar-refractivity contribution in [3.05, 3.63) is 36.0 Å². The number of amides is 1. The maximum absolute atomic E-state index is 12.6. The largest absolute Gasteiger partial charge is 0.481 e. The second-order valence-corrected chi connectivity index (χ2v) is 6.67. The van der Waals surface area contributed by atoms with Crippen molar-refractivity contribution in [2.24, 2.45) is 0 Å². The molecule has 1 amide bonds. The van der Waals surface area contributed by atoms with Crippen LogP contribution in [-0.4, -0.2) is 41.6 Å². The van der Waals surface area contributed by atoms with E-state index in [4.69, 9.17) is 5.11 Å². The minimum Gasteiger partial charge on any atom is -0.481 e. The molecule has 0 saturated carbocycles. The van der Waals surface area contributed by atoms with Crippen molar-refractivity contribution in [1.82, 2.24) is 10.3 Å². The number of rotatable bonds is 6. The second-order valence-electron chi connectivity index (χ2n) is 6.67. The molecule has 128 valence electrons. The topological polar surface area (TPSA) is 82.5 Å². The Bertz CT molecular complexity index is 769. The lowest BCUT2D eigenvalue weighted by molar-refractivity contribution is -0.137. The van der Waals surface area contributed by atoms with Crippen molar-refractivity contribution in [3.8, 4) is 0 Å². The molecule has 0 aliphatic carbocycles. The summed E-state index contributed by atoms with van der Waals surface area (Å²) in [6.45, 7) is 3.61. The van der Waals surface area contributed by atoms with Crippen LogP contribution in [0.3, 0.4) is 0 Å². The molecule has 2 N–H and O–H groups in total. The molecule has 1 aromatic heterocycles. The summed E-state index contributed by atoms with van der Waals surface area (Å²) in [5, 5.41) is 12.7. The third-order valence-electron chi connectivity index (χ3n) is 3.82. The number of aromatic nitrogens is 1. The molecule has 1 aromatic carbocycles. The number of hydrogen-bond donors (Lipinski definition) is 2. The number of nitrogens with zero attached hydrogens (tertiary/aromatic N) is 2. The molecule has 0 unspecified atom stereocenters. The van der Waals surface area contributed by atoms with Crippen molar-refractivity contribution < 1.29 is 14.7 Å². The van der Waals surface area contributed by atoms with Gasteiger partial charge in [0, 0.05) is 37.1 Å². The minimum atomic E-state index is -0.879. The van der Waals surface area contributed by atoms with Gasteiger partial charge in [-0.15, -0.1) is 0 Å². The molecule has 24 heavy (non-hydrogen) atoms. The van der Waals surface area contributed by atoms with Crippen LogP contribution in [0.1, 0.15) is 37.2 Å². The van der Waals surface area contributed by atoms with Crippen LogP contribution in [0.2, 0.25) is 0 Å². The fourth-order valence-electron chi connectivity index (χ4n) is 2.50. The van der Waals surface area contributed by atoms with E-state index in [1.807, 2.05) is 57.1 Å². The lowest BCUT2D eigenvalue weighted by atomic mass is 9.98. The minimum absolute atomic E-state index is 0.00137. The molecule has 0 spiro atoms. The predicted molar refractivity (Wildman–Crippen MR) is 94.5 cm³/mol. The number of hydrogen-bond acceptors (Lipinski definition) is 4. The molecule has 2 rings (SSSR count). The summed E-state index contributed by atoms with van der Waals surface area (Å²) < 4.78 is 0. The van der Waals surface area contributed by atoms with Crippen molar-refractivity contribution in [3.63, 3.8) is 0 Å². The second kappa shape index (κ2) is 6.86. The predicted octanol–water partition coefficient (Wildman–Crippen LogP) is 2.67. The molecule has 0 saturated heterocycles. The molecule has 0 atom stereocenters. The molecule has 0 aliphatic heterocycles. The number of anilines is 1. The summed E-state index contributed by atoms with van der Waals surface area (Å²) in [6, 6.07) is 9.41. The zero-order chi connectivity index (χ0) is 17.9. The zero-order valence-electron chi connectivity index (χ0n) is 14.5. The Balaban J connectivity index is 2.31. The molecule has 2 aromatic rings. The van der Waals surface area contributed by atoms with Gasteiger partial charge in [-0.25, -0.2) is 4.98 Å². The van der Waals surface area contributed by atoms with Crippen molar-refractivity contribution in [2.45, 2.75) is 32.2 Å². The van der Waals surface area contributed by atoms with Crippen LogP contribution in [0.4, 0.5) is 5.69 Å². The van der Waals surface area contributed by atoms with Crippen LogP contribution < -0.4 is 10.2 Å². The van der Waals surface area contributed by atoms with Crippen LogP contribution in [0, 0.1) is 0 Å². The van der Waals surface area contributed by atoms with E-state index in [1.165, 1.54) is 0 Å². The Morgan fingerprint density at radius 3 is 2.54 bits per heavy atom. The first kappa shape index (κ1) is 17.7. The quantitative estimate of drug-likeness (QED) is 0.851. The van der Waals surface area contributed by atoms with E-state index in [2.05, 4.69) is 10.3 Å². The molecule has 6 nitrogen and oxygen atoms in total. The standard InChI is InChI=1S/C18H23N3O3/c1-18(2,10-9-16(22)23)20-17(24)14-11-15(21(3)4)12-7-5-6-8-13(12)19-14/h5-8,11H,9-10H2,1-4H3,(H,20,24)(H,22,23). The first-order valence-corrected chi connectivity index (χ1v) is 7.81. The third kappa shape index (κ3) is 4.22. The first-order chi connectivity index (χ1) is 11.2. The fourth-order valence-corrected chi connectivity index (χ4v) is 2.50. The fraction of sp³-hybridized carbons (Fsp3) is 0.389. The molecular weight excluding hydrogens is 306 g/mol. The Hall–Kier alpha value is -2.63. The van der Waals surface area contributed by atoms with Crippen LogP contribution in [0.25, 0.3) is 10.9 Å². The molecule has 1 heterocycles. The van der Waals surface area contributed by atoms with Gasteiger partial charge in [-0.3, -0.25) is 9.59 Å². The van der Waals surface area contributed by atoms with Gasteiger partial charge in [0.05, 0.1) is 5.52 Å². The number of benzene rings is 1. The number of fused-ring (bicyclic) bond motifs is 1. The van der Waals surface area contributed by atoms with Crippen LogP contribution in [0.5, 0.6) is 0 Å². The SMILES string of the molecule is CN(C)c1cc(C(=O)NC(C)(C)CCC(=O)O)nc2ccccc12. The zero-order valence-corrected chi connectivity index (χ0v) is 14.5. The number of carboxylic acid groups (broad SMARTS) is 1. The van der Waals surface area contributed by atoms with Gasteiger partial charge in [0.15, 0.2) is 0 Å². The number of aliphatic carboxylic acids is 1. The summed E-state index contributed by atoms with van der Waals surface area (Å²) in [4.78, 5) is 29.7. The smallest absolute Gasteiger partial charge is 0.303 e. The van der Waals surface area contributed by atoms with Crippen LogP contribution in [-0.2, 0) is 4.79 Å². The Morgan fingerprint density at radius 1 is 1.25 bits per heavy atom. The van der Waals surface area contributed by atoms with Gasteiger partial charge >= 0.3 is 5.97 Å². The van der Waals surface area contributed by atoms with Crippen molar-refractivity contribution in [2.75, 3.05) is 19.0 Å². The van der Waals surface area contributed by atoms with E-state index in [0.717, 1.165) is 16.6 Å². The van der Waals surface area contributed by atoms with Gasteiger partial charge < -0.3 is 15.3 Å². The maximum atomic E-state index is 12.6. The van der Waals surface area contributed by atoms with Crippen LogP contribution >= 0.6 is 0 Å². The third-order valence-corrected chi connectivity index (χ3v) is 3.82. The molecule has 0 radical (unpaired) electrons. The summed E-state index contributed by atoms with van der Waals surface area (Å²) in [7, 11) is 3.83. The number of carbonyl (C=O) groups is 2. The van der Waals surface area contributed by atoms with Gasteiger partial charge in [0.25, 0.3) is 5.91 Å². The summed E-state index contributed by atoms with van der Waals surface area (Å²) >= 11 is 0. The van der Waals surface area contributed by atoms with Gasteiger partial charge in [0.2, 0.25) is 0 Å². The van der Waals surface area contributed by atoms with E-state index in [1.54, 1.807) is 6.07 Å². The van der Waals surface area contributed by atoms with Crippen LogP contribution in [0.15, 0.2) is 30.3 Å². The lowest BCUT2D eigenvalue weighted by Crippen LogP contribution is -2.44. The lowest BCUT2D eigenvalue weighted by Gasteiger charge is -2.26. The monoisotopic (exact) mass is 329 g/mol. The highest BCUT2D eigenvalue weighted by Gasteiger charge is 2.23. The van der Waals surface area contributed by atoms with Gasteiger partial charge in [-0.05, 0) is 32.4 Å². The normalized spacial score (nSPS) is 11.3. The molecule has 0 bridgehead atoms. The van der Waals surface area contributed by atoms with E-state index in [-0.39, 0.29) is 12.3 Å². The summed E-state index contributed by atoms with van der Waals surface area (Å²) in [5.74, 6) is -1.18. The number of carboxylic acids is 1. The van der Waals surface area contributed by atoms with E-state index < -0.39 is 11.5 Å². The highest BCUT2D eigenvalue weighted by atomic mass is 16.4. The Morgan fingerprint density at radius 2 is 1.92 bits per heavy atom. The number of para-hydroxylation sites is 1. The molecule has 6 heteroatoms. The van der Waals surface area contributed by atoms with E-state index in [0.29, 0.717) is 12.1 Å². The molecule has 0 aliphatic rings. The van der Waals surface area contributed by atoms with Crippen molar-refractivity contribution >= 4 is 28.5 Å². The van der Waals surface area contributed by atoms with Gasteiger partial charge in [-0.1, -0.05) is 18.2 Å². The van der Waals surface area contributed by atoms with E-state index in [9.17, 15) is 9.59 Å². The highest BCUT2D eigenvalue weighted by Crippen LogP contribution is 2.25. The van der Waals surface area contributed by atoms with Crippen molar-refractivity contribution in [1.29, 1.82) is 0 Å². The highest BCUT2D eigenvalue weighted by molar-refractivity contribution is 6.00. The average Bonchev–Trinajstić information content (AvgIpc) is 2.51.